The third-order valence-electron chi connectivity index (χ3n) is 7.54. The average Bonchev–Trinajstić information content (AvgIpc) is 3.02. The van der Waals surface area contributed by atoms with Crippen molar-refractivity contribution in [3.8, 4) is 0 Å². The van der Waals surface area contributed by atoms with Crippen LogP contribution in [0.25, 0.3) is 0 Å². The fourth-order valence-electron chi connectivity index (χ4n) is 5.59. The Hall–Kier alpha value is -3.63. The average molecular weight is 636 g/mol. The first-order chi connectivity index (χ1) is 21.1. The molecule has 1 fully saturated rings. The molecule has 0 radical (unpaired) electrons. The summed E-state index contributed by atoms with van der Waals surface area (Å²) in [5, 5.41) is 2.54. The van der Waals surface area contributed by atoms with Gasteiger partial charge >= 0.3 is 12.6 Å². The quantitative estimate of drug-likeness (QED) is 0.184. The van der Waals surface area contributed by atoms with Crippen LogP contribution in [0.4, 0.5) is 5.82 Å². The number of morpholine rings is 1. The van der Waals surface area contributed by atoms with Gasteiger partial charge in [0.2, 0.25) is 5.91 Å². The number of rotatable bonds is 10. The zero-order chi connectivity index (χ0) is 31.3. The molecule has 2 heterocycles. The lowest BCUT2D eigenvalue weighted by molar-refractivity contribution is -0.148. The molecule has 3 aromatic carbocycles. The Morgan fingerprint density at radius 3 is 1.95 bits per heavy atom. The summed E-state index contributed by atoms with van der Waals surface area (Å²) in [4.78, 5) is 31.2. The normalized spacial score (nSPS) is 18.9. The van der Waals surface area contributed by atoms with E-state index >= 15 is 0 Å². The molecule has 1 saturated heterocycles. The Morgan fingerprint density at radius 2 is 1.50 bits per heavy atom. The SMILES string of the molecule is CC(=O)Nc1ccn(C2CN(C(c3ccccc3)(c3ccccc3)c3ccccc3)C[C@@H](COP(=O)(Cl)N(C)C)O2)c(=O)n1. The van der Waals surface area contributed by atoms with Crippen LogP contribution in [0.2, 0.25) is 0 Å². The molecule has 4 aromatic rings. The highest BCUT2D eigenvalue weighted by atomic mass is 35.7. The minimum Gasteiger partial charge on any atom is -0.350 e. The first kappa shape index (κ1) is 31.8. The molecule has 3 atom stereocenters. The van der Waals surface area contributed by atoms with Crippen LogP contribution in [-0.4, -0.2) is 64.9 Å². The van der Waals surface area contributed by atoms with Gasteiger partial charge in [-0.25, -0.2) is 9.46 Å². The Morgan fingerprint density at radius 1 is 0.977 bits per heavy atom. The maximum Gasteiger partial charge on any atom is 0.362 e. The topological polar surface area (TPSA) is 106 Å². The van der Waals surface area contributed by atoms with Gasteiger partial charge in [-0.1, -0.05) is 91.0 Å². The lowest BCUT2D eigenvalue weighted by Crippen LogP contribution is -2.58. The van der Waals surface area contributed by atoms with Gasteiger partial charge in [0, 0.05) is 26.2 Å². The molecule has 0 spiro atoms. The van der Waals surface area contributed by atoms with Crippen molar-refractivity contribution in [3.05, 3.63) is 130 Å². The number of ether oxygens (including phenoxy) is 1. The van der Waals surface area contributed by atoms with Gasteiger partial charge < -0.3 is 14.6 Å². The van der Waals surface area contributed by atoms with E-state index < -0.39 is 30.4 Å². The first-order valence-corrected chi connectivity index (χ1v) is 16.7. The van der Waals surface area contributed by atoms with Crippen molar-refractivity contribution in [1.29, 1.82) is 0 Å². The second kappa shape index (κ2) is 13.6. The molecule has 1 aliphatic rings. The molecule has 1 N–H and O–H groups in total. The van der Waals surface area contributed by atoms with E-state index in [4.69, 9.17) is 20.5 Å². The Labute approximate surface area is 261 Å². The van der Waals surface area contributed by atoms with E-state index in [1.54, 1.807) is 26.4 Å². The van der Waals surface area contributed by atoms with Crippen molar-refractivity contribution in [3.63, 3.8) is 0 Å². The van der Waals surface area contributed by atoms with E-state index in [1.165, 1.54) is 16.2 Å². The van der Waals surface area contributed by atoms with Crippen LogP contribution in [0, 0.1) is 0 Å². The number of hydrogen-bond acceptors (Lipinski definition) is 7. The second-order valence-corrected chi connectivity index (χ2v) is 13.9. The van der Waals surface area contributed by atoms with E-state index in [9.17, 15) is 14.2 Å². The maximum atomic E-state index is 13.3. The van der Waals surface area contributed by atoms with Crippen LogP contribution >= 0.6 is 18.1 Å². The smallest absolute Gasteiger partial charge is 0.350 e. The van der Waals surface area contributed by atoms with Gasteiger partial charge in [-0.3, -0.25) is 18.8 Å². The molecule has 230 valence electrons. The Kier molecular flexibility index (Phi) is 9.80. The highest BCUT2D eigenvalue weighted by Gasteiger charge is 2.46. The molecular formula is C32H35ClN5O5P. The second-order valence-electron chi connectivity index (χ2n) is 10.7. The third kappa shape index (κ3) is 6.71. The number of benzene rings is 3. The molecule has 44 heavy (non-hydrogen) atoms. The predicted molar refractivity (Wildman–Crippen MR) is 171 cm³/mol. The van der Waals surface area contributed by atoms with Crippen LogP contribution in [0.5, 0.6) is 0 Å². The van der Waals surface area contributed by atoms with Crippen LogP contribution in [0.15, 0.2) is 108 Å². The summed E-state index contributed by atoms with van der Waals surface area (Å²) in [6.45, 7) is -1.71. The highest BCUT2D eigenvalue weighted by Crippen LogP contribution is 2.54. The lowest BCUT2D eigenvalue weighted by atomic mass is 9.75. The molecule has 0 bridgehead atoms. The first-order valence-electron chi connectivity index (χ1n) is 14.2. The Bertz CT molecular complexity index is 1580. The molecule has 2 unspecified atom stereocenters. The number of nitrogens with zero attached hydrogens (tertiary/aromatic N) is 4. The molecular weight excluding hydrogens is 601 g/mol. The van der Waals surface area contributed by atoms with Gasteiger partial charge in [-0.05, 0) is 48.1 Å². The largest absolute Gasteiger partial charge is 0.362 e. The number of aromatic nitrogens is 2. The van der Waals surface area contributed by atoms with E-state index in [-0.39, 0.29) is 24.9 Å². The van der Waals surface area contributed by atoms with Crippen molar-refractivity contribution in [1.82, 2.24) is 19.1 Å². The summed E-state index contributed by atoms with van der Waals surface area (Å²) in [7, 11) is 3.16. The van der Waals surface area contributed by atoms with Crippen LogP contribution < -0.4 is 11.0 Å². The summed E-state index contributed by atoms with van der Waals surface area (Å²) in [6, 6.07) is 32.0. The van der Waals surface area contributed by atoms with Gasteiger partial charge in [-0.15, -0.1) is 0 Å². The molecule has 1 aliphatic heterocycles. The summed E-state index contributed by atoms with van der Waals surface area (Å²) in [5.74, 6) is -0.190. The molecule has 5 rings (SSSR count). The number of halogens is 1. The fraction of sp³-hybridized carbons (Fsp3) is 0.281. The summed E-state index contributed by atoms with van der Waals surface area (Å²) in [6.07, 6.45) is 0.0975. The minimum atomic E-state index is -3.60. The number of anilines is 1. The Balaban J connectivity index is 1.67. The maximum absolute atomic E-state index is 13.3. The fourth-order valence-corrected chi connectivity index (χ4v) is 6.34. The summed E-state index contributed by atoms with van der Waals surface area (Å²) in [5.41, 5.74) is 1.63. The number of nitrogens with one attached hydrogen (secondary N) is 1. The molecule has 0 aliphatic carbocycles. The molecule has 0 saturated carbocycles. The van der Waals surface area contributed by atoms with E-state index in [2.05, 4.69) is 51.6 Å². The minimum absolute atomic E-state index is 0.0907. The van der Waals surface area contributed by atoms with E-state index in [1.807, 2.05) is 54.6 Å². The highest BCUT2D eigenvalue weighted by molar-refractivity contribution is 7.83. The zero-order valence-electron chi connectivity index (χ0n) is 24.7. The van der Waals surface area contributed by atoms with Crippen molar-refractivity contribution in [2.75, 3.05) is 39.1 Å². The van der Waals surface area contributed by atoms with Crippen molar-refractivity contribution in [2.45, 2.75) is 24.8 Å². The molecule has 1 aromatic heterocycles. The molecule has 12 heteroatoms. The van der Waals surface area contributed by atoms with Gasteiger partial charge in [-0.2, -0.15) is 4.98 Å². The standard InChI is InChI=1S/C32H35ClN5O5P/c1-24(39)34-29-19-20-38(31(40)35-29)30-22-37(21-28(43-30)23-42-44(33,41)36(2)3)32(25-13-7-4-8-14-25,26-15-9-5-10-16-26)27-17-11-6-12-18-27/h4-20,28,30H,21-23H2,1-3H3,(H,34,35,39,40)/t28-,30?,44?/m0/s1. The molecule has 1 amide bonds. The number of amides is 1. The van der Waals surface area contributed by atoms with Gasteiger partial charge in [0.05, 0.1) is 18.2 Å². The monoisotopic (exact) mass is 635 g/mol. The van der Waals surface area contributed by atoms with E-state index in [0.29, 0.717) is 6.54 Å². The van der Waals surface area contributed by atoms with E-state index in [0.717, 1.165) is 16.7 Å². The lowest BCUT2D eigenvalue weighted by Gasteiger charge is -2.50. The van der Waals surface area contributed by atoms with Crippen LogP contribution in [0.3, 0.4) is 0 Å². The predicted octanol–water partition coefficient (Wildman–Crippen LogP) is 5.32. The zero-order valence-corrected chi connectivity index (χ0v) is 26.4. The van der Waals surface area contributed by atoms with Gasteiger partial charge in [0.1, 0.15) is 5.82 Å². The number of hydrogen-bond donors (Lipinski definition) is 1. The van der Waals surface area contributed by atoms with Crippen molar-refractivity contribution >= 4 is 29.8 Å². The van der Waals surface area contributed by atoms with Gasteiger partial charge in [0.15, 0.2) is 6.23 Å². The number of carbonyl (C=O) groups excluding carboxylic acids is 1. The van der Waals surface area contributed by atoms with Gasteiger partial charge in [0.25, 0.3) is 0 Å². The molecule has 10 nitrogen and oxygen atoms in total. The van der Waals surface area contributed by atoms with Crippen molar-refractivity contribution < 1.29 is 18.6 Å². The summed E-state index contributed by atoms with van der Waals surface area (Å²) < 4.78 is 27.8. The van der Waals surface area contributed by atoms with Crippen molar-refractivity contribution in [2.24, 2.45) is 0 Å². The third-order valence-corrected chi connectivity index (χ3v) is 10.2. The number of carbonyl (C=O) groups is 1. The summed E-state index contributed by atoms with van der Waals surface area (Å²) >= 11 is 6.23. The van der Waals surface area contributed by atoms with Crippen LogP contribution in [0.1, 0.15) is 29.8 Å². The van der Waals surface area contributed by atoms with Crippen LogP contribution in [-0.2, 0) is 24.2 Å².